The van der Waals surface area contributed by atoms with Crippen LogP contribution in [-0.2, 0) is 0 Å². The van der Waals surface area contributed by atoms with Gasteiger partial charge in [-0.05, 0) is 25.0 Å². The number of benzene rings is 2. The molecule has 4 heteroatoms. The molecule has 24 heavy (non-hydrogen) atoms. The van der Waals surface area contributed by atoms with Crippen LogP contribution in [0.3, 0.4) is 0 Å². The second-order valence-corrected chi connectivity index (χ2v) is 6.23. The van der Waals surface area contributed by atoms with Crippen LogP contribution in [0, 0.1) is 0 Å². The van der Waals surface area contributed by atoms with Gasteiger partial charge in [-0.25, -0.2) is 0 Å². The van der Waals surface area contributed by atoms with E-state index >= 15 is 0 Å². The molecule has 2 aromatic carbocycles. The lowest BCUT2D eigenvalue weighted by molar-refractivity contribution is 0.390. The molecule has 2 aromatic rings. The van der Waals surface area contributed by atoms with Crippen LogP contribution < -0.4 is 11.5 Å². The van der Waals surface area contributed by atoms with E-state index in [1.54, 1.807) is 0 Å². The van der Waals surface area contributed by atoms with Crippen molar-refractivity contribution in [2.24, 2.45) is 9.98 Å². The smallest absolute Gasteiger partial charge is 0.0723 e. The highest BCUT2D eigenvalue weighted by Gasteiger charge is 2.23. The first-order valence-corrected chi connectivity index (χ1v) is 8.49. The average molecular weight is 320 g/mol. The number of hydrogen-bond acceptors (Lipinski definition) is 4. The molecule has 4 N–H and O–H groups in total. The second-order valence-electron chi connectivity index (χ2n) is 6.23. The molecular weight excluding hydrogens is 296 g/mol. The highest BCUT2D eigenvalue weighted by molar-refractivity contribution is 5.87. The monoisotopic (exact) mass is 320 g/mol. The van der Waals surface area contributed by atoms with Crippen molar-refractivity contribution in [3.05, 3.63) is 59.7 Å². The summed E-state index contributed by atoms with van der Waals surface area (Å²) in [7, 11) is 0. The minimum atomic E-state index is 0.208. The van der Waals surface area contributed by atoms with Gasteiger partial charge in [-0.2, -0.15) is 0 Å². The van der Waals surface area contributed by atoms with E-state index in [1.165, 1.54) is 12.8 Å². The molecule has 2 atom stereocenters. The molecule has 4 nitrogen and oxygen atoms in total. The van der Waals surface area contributed by atoms with Crippen LogP contribution in [0.2, 0.25) is 0 Å². The predicted octanol–water partition coefficient (Wildman–Crippen LogP) is 3.70. The van der Waals surface area contributed by atoms with E-state index in [2.05, 4.69) is 0 Å². The zero-order valence-electron chi connectivity index (χ0n) is 13.8. The molecule has 0 spiro atoms. The van der Waals surface area contributed by atoms with Crippen molar-refractivity contribution < 1.29 is 0 Å². The van der Waals surface area contributed by atoms with Gasteiger partial charge in [0.15, 0.2) is 0 Å². The summed E-state index contributed by atoms with van der Waals surface area (Å²) in [6.07, 6.45) is 8.32. The van der Waals surface area contributed by atoms with Crippen molar-refractivity contribution in [2.45, 2.75) is 37.8 Å². The SMILES string of the molecule is Nc1ccccc1C=N[C@@H]1CCCC[C@H]1N=Cc1ccccc1N. The molecule has 0 aliphatic heterocycles. The molecule has 0 radical (unpaired) electrons. The number of nitrogens with two attached hydrogens (primary N) is 2. The number of rotatable bonds is 4. The maximum atomic E-state index is 5.99. The predicted molar refractivity (Wildman–Crippen MR) is 103 cm³/mol. The van der Waals surface area contributed by atoms with Crippen molar-refractivity contribution >= 4 is 23.8 Å². The fourth-order valence-electron chi connectivity index (χ4n) is 3.05. The van der Waals surface area contributed by atoms with Crippen LogP contribution in [0.25, 0.3) is 0 Å². The lowest BCUT2D eigenvalue weighted by Crippen LogP contribution is -2.27. The van der Waals surface area contributed by atoms with Crippen LogP contribution in [0.1, 0.15) is 36.8 Å². The molecule has 0 heterocycles. The summed E-state index contributed by atoms with van der Waals surface area (Å²) >= 11 is 0. The van der Waals surface area contributed by atoms with E-state index < -0.39 is 0 Å². The van der Waals surface area contributed by atoms with Crippen LogP contribution in [0.5, 0.6) is 0 Å². The Bertz CT molecular complexity index is 672. The highest BCUT2D eigenvalue weighted by Crippen LogP contribution is 2.24. The summed E-state index contributed by atoms with van der Waals surface area (Å²) in [5.41, 5.74) is 15.4. The zero-order chi connectivity index (χ0) is 16.8. The Balaban J connectivity index is 1.74. The quantitative estimate of drug-likeness (QED) is 0.665. The van der Waals surface area contributed by atoms with Gasteiger partial charge in [-0.3, -0.25) is 9.98 Å². The normalized spacial score (nSPS) is 21.5. The average Bonchev–Trinajstić information content (AvgIpc) is 2.61. The van der Waals surface area contributed by atoms with Crippen LogP contribution in [0.15, 0.2) is 58.5 Å². The largest absolute Gasteiger partial charge is 0.398 e. The van der Waals surface area contributed by atoms with Crippen molar-refractivity contribution in [3.8, 4) is 0 Å². The molecule has 0 unspecified atom stereocenters. The molecule has 0 saturated heterocycles. The molecule has 0 aromatic heterocycles. The van der Waals surface area contributed by atoms with Crippen molar-refractivity contribution in [1.82, 2.24) is 0 Å². The Kier molecular flexibility index (Phi) is 5.26. The van der Waals surface area contributed by atoms with E-state index in [1.807, 2.05) is 61.0 Å². The Morgan fingerprint density at radius 3 is 1.54 bits per heavy atom. The van der Waals surface area contributed by atoms with E-state index in [4.69, 9.17) is 21.5 Å². The lowest BCUT2D eigenvalue weighted by atomic mass is 9.91. The summed E-state index contributed by atoms with van der Waals surface area (Å²) in [6.45, 7) is 0. The fourth-order valence-corrected chi connectivity index (χ4v) is 3.05. The Labute approximate surface area is 143 Å². The Hall–Kier alpha value is -2.62. The molecule has 1 fully saturated rings. The Morgan fingerprint density at radius 2 is 1.12 bits per heavy atom. The van der Waals surface area contributed by atoms with Gasteiger partial charge >= 0.3 is 0 Å². The second kappa shape index (κ2) is 7.77. The molecule has 124 valence electrons. The van der Waals surface area contributed by atoms with Gasteiger partial charge in [0.1, 0.15) is 0 Å². The van der Waals surface area contributed by atoms with E-state index in [0.29, 0.717) is 0 Å². The van der Waals surface area contributed by atoms with Gasteiger partial charge in [0, 0.05) is 34.9 Å². The number of nitrogens with zero attached hydrogens (tertiary/aromatic N) is 2. The first-order chi connectivity index (χ1) is 11.7. The third kappa shape index (κ3) is 4.02. The molecule has 1 saturated carbocycles. The van der Waals surface area contributed by atoms with Crippen LogP contribution >= 0.6 is 0 Å². The van der Waals surface area contributed by atoms with E-state index in [0.717, 1.165) is 35.3 Å². The van der Waals surface area contributed by atoms with Crippen molar-refractivity contribution in [2.75, 3.05) is 11.5 Å². The van der Waals surface area contributed by atoms with Gasteiger partial charge in [0.2, 0.25) is 0 Å². The number of aliphatic imine (C=N–C) groups is 2. The summed E-state index contributed by atoms with van der Waals surface area (Å²) in [5, 5.41) is 0. The molecule has 1 aliphatic carbocycles. The fraction of sp³-hybridized carbons (Fsp3) is 0.300. The number of nitrogen functional groups attached to an aromatic ring is 2. The molecule has 1 aliphatic rings. The maximum absolute atomic E-state index is 5.99. The summed E-state index contributed by atoms with van der Waals surface area (Å²) < 4.78 is 0. The number of para-hydroxylation sites is 2. The number of anilines is 2. The third-order valence-corrected chi connectivity index (χ3v) is 4.50. The third-order valence-electron chi connectivity index (χ3n) is 4.50. The van der Waals surface area contributed by atoms with E-state index in [-0.39, 0.29) is 12.1 Å². The summed E-state index contributed by atoms with van der Waals surface area (Å²) in [4.78, 5) is 9.56. The van der Waals surface area contributed by atoms with Gasteiger partial charge in [0.05, 0.1) is 12.1 Å². The topological polar surface area (TPSA) is 76.8 Å². The van der Waals surface area contributed by atoms with E-state index in [9.17, 15) is 0 Å². The van der Waals surface area contributed by atoms with Crippen molar-refractivity contribution in [3.63, 3.8) is 0 Å². The first-order valence-electron chi connectivity index (χ1n) is 8.49. The molecule has 0 amide bonds. The zero-order valence-corrected chi connectivity index (χ0v) is 13.8. The molecule has 0 bridgehead atoms. The Morgan fingerprint density at radius 1 is 0.708 bits per heavy atom. The molecule has 3 rings (SSSR count). The lowest BCUT2D eigenvalue weighted by Gasteiger charge is -2.25. The minimum absolute atomic E-state index is 0.208. The van der Waals surface area contributed by atoms with Crippen LogP contribution in [0.4, 0.5) is 11.4 Å². The van der Waals surface area contributed by atoms with Gasteiger partial charge in [-0.1, -0.05) is 49.2 Å². The summed E-state index contributed by atoms with van der Waals surface area (Å²) in [5.74, 6) is 0. The molecular formula is C20H24N4. The summed E-state index contributed by atoms with van der Waals surface area (Å²) in [6, 6.07) is 16.0. The maximum Gasteiger partial charge on any atom is 0.0723 e. The van der Waals surface area contributed by atoms with Gasteiger partial charge in [0.25, 0.3) is 0 Å². The van der Waals surface area contributed by atoms with Crippen LogP contribution in [-0.4, -0.2) is 24.5 Å². The standard InChI is InChI=1S/C20H24N4/c21-17-9-3-1-7-15(17)13-23-19-11-5-6-12-20(19)24-14-16-8-2-4-10-18(16)22/h1-4,7-10,13-14,19-20H,5-6,11-12,21-22H2/t19-,20-/m1/s1. The highest BCUT2D eigenvalue weighted by atomic mass is 14.9. The van der Waals surface area contributed by atoms with Gasteiger partial charge < -0.3 is 11.5 Å². The number of hydrogen-bond donors (Lipinski definition) is 2. The first kappa shape index (κ1) is 16.2. The van der Waals surface area contributed by atoms with Crippen molar-refractivity contribution in [1.29, 1.82) is 0 Å². The van der Waals surface area contributed by atoms with Gasteiger partial charge in [-0.15, -0.1) is 0 Å². The minimum Gasteiger partial charge on any atom is -0.398 e.